The maximum absolute atomic E-state index is 5.64. The molecule has 0 spiro atoms. The van der Waals surface area contributed by atoms with Crippen LogP contribution in [0, 0.1) is 6.92 Å². The average molecular weight is 310 g/mol. The highest BCUT2D eigenvalue weighted by Crippen LogP contribution is 2.27. The van der Waals surface area contributed by atoms with Crippen molar-refractivity contribution in [2.75, 3.05) is 26.2 Å². The molecule has 1 aliphatic heterocycles. The van der Waals surface area contributed by atoms with Crippen LogP contribution in [0.2, 0.25) is 0 Å². The lowest BCUT2D eigenvalue weighted by Crippen LogP contribution is -2.28. The molecule has 1 aliphatic rings. The highest BCUT2D eigenvalue weighted by atomic mass is 16.3. The van der Waals surface area contributed by atoms with Gasteiger partial charge in [-0.3, -0.25) is 9.30 Å². The molecule has 120 valence electrons. The van der Waals surface area contributed by atoms with Crippen molar-refractivity contribution in [2.45, 2.75) is 19.9 Å². The maximum atomic E-state index is 5.64. The zero-order chi connectivity index (χ0) is 15.6. The lowest BCUT2D eigenvalue weighted by atomic mass is 10.2. The number of rotatable bonds is 3. The molecule has 5 nitrogen and oxygen atoms in total. The van der Waals surface area contributed by atoms with Crippen LogP contribution in [0.5, 0.6) is 0 Å². The maximum Gasteiger partial charge on any atom is 0.154 e. The predicted octanol–water partition coefficient (Wildman–Crippen LogP) is 2.70. The number of imidazole rings is 1. The van der Waals surface area contributed by atoms with Gasteiger partial charge in [-0.1, -0.05) is 6.07 Å². The summed E-state index contributed by atoms with van der Waals surface area (Å²) < 4.78 is 7.90. The third kappa shape index (κ3) is 2.78. The second-order valence-corrected chi connectivity index (χ2v) is 6.12. The quantitative estimate of drug-likeness (QED) is 0.808. The van der Waals surface area contributed by atoms with E-state index in [1.165, 1.54) is 17.8 Å². The monoisotopic (exact) mass is 310 g/mol. The lowest BCUT2D eigenvalue weighted by molar-refractivity contribution is 0.280. The summed E-state index contributed by atoms with van der Waals surface area (Å²) in [6, 6.07) is 10.2. The summed E-state index contributed by atoms with van der Waals surface area (Å²) in [6.45, 7) is 7.36. The number of aryl methyl sites for hydroxylation is 1. The van der Waals surface area contributed by atoms with Gasteiger partial charge in [-0.2, -0.15) is 0 Å². The van der Waals surface area contributed by atoms with Crippen LogP contribution in [0.4, 0.5) is 0 Å². The highest BCUT2D eigenvalue weighted by molar-refractivity contribution is 5.62. The van der Waals surface area contributed by atoms with Gasteiger partial charge in [0, 0.05) is 25.3 Å². The molecule has 0 bridgehead atoms. The van der Waals surface area contributed by atoms with Crippen molar-refractivity contribution >= 4 is 5.65 Å². The van der Waals surface area contributed by atoms with Crippen molar-refractivity contribution in [3.8, 4) is 11.5 Å². The summed E-state index contributed by atoms with van der Waals surface area (Å²) in [7, 11) is 0. The fraction of sp³-hybridized carbons (Fsp3) is 0.389. The van der Waals surface area contributed by atoms with Crippen LogP contribution < -0.4 is 5.32 Å². The fourth-order valence-corrected chi connectivity index (χ4v) is 3.35. The molecule has 0 saturated carbocycles. The van der Waals surface area contributed by atoms with E-state index in [1.54, 1.807) is 6.26 Å². The first-order chi connectivity index (χ1) is 11.3. The van der Waals surface area contributed by atoms with Crippen molar-refractivity contribution in [1.29, 1.82) is 0 Å². The van der Waals surface area contributed by atoms with Crippen LogP contribution in [-0.2, 0) is 6.54 Å². The molecule has 3 aromatic heterocycles. The largest absolute Gasteiger partial charge is 0.463 e. The van der Waals surface area contributed by atoms with Crippen LogP contribution in [0.15, 0.2) is 41.0 Å². The van der Waals surface area contributed by atoms with Crippen molar-refractivity contribution in [2.24, 2.45) is 0 Å². The van der Waals surface area contributed by atoms with Gasteiger partial charge in [-0.25, -0.2) is 4.98 Å². The molecule has 0 aromatic carbocycles. The van der Waals surface area contributed by atoms with Gasteiger partial charge in [0.15, 0.2) is 5.76 Å². The topological polar surface area (TPSA) is 45.7 Å². The predicted molar refractivity (Wildman–Crippen MR) is 90.4 cm³/mol. The number of nitrogens with one attached hydrogen (secondary N) is 1. The average Bonchev–Trinajstić information content (AvgIpc) is 3.11. The van der Waals surface area contributed by atoms with Crippen LogP contribution in [0.25, 0.3) is 17.1 Å². The number of furan rings is 1. The van der Waals surface area contributed by atoms with Gasteiger partial charge in [0.2, 0.25) is 0 Å². The third-order valence-electron chi connectivity index (χ3n) is 4.49. The second kappa shape index (κ2) is 6.18. The Morgan fingerprint density at radius 1 is 1.17 bits per heavy atom. The van der Waals surface area contributed by atoms with Gasteiger partial charge in [0.1, 0.15) is 11.3 Å². The van der Waals surface area contributed by atoms with E-state index < -0.39 is 0 Å². The third-order valence-corrected chi connectivity index (χ3v) is 4.49. The minimum atomic E-state index is 0.844. The molecule has 1 N–H and O–H groups in total. The van der Waals surface area contributed by atoms with Gasteiger partial charge in [-0.15, -0.1) is 0 Å². The van der Waals surface area contributed by atoms with Crippen LogP contribution in [0.1, 0.15) is 17.8 Å². The summed E-state index contributed by atoms with van der Waals surface area (Å²) in [4.78, 5) is 7.33. The number of hydrogen-bond donors (Lipinski definition) is 1. The van der Waals surface area contributed by atoms with Crippen molar-refractivity contribution in [1.82, 2.24) is 19.6 Å². The molecule has 1 saturated heterocycles. The van der Waals surface area contributed by atoms with Gasteiger partial charge in [0.25, 0.3) is 0 Å². The number of hydrogen-bond acceptors (Lipinski definition) is 4. The molecular weight excluding hydrogens is 288 g/mol. The highest BCUT2D eigenvalue weighted by Gasteiger charge is 2.20. The molecule has 0 amide bonds. The second-order valence-electron chi connectivity index (χ2n) is 6.12. The summed E-state index contributed by atoms with van der Waals surface area (Å²) in [5, 5.41) is 3.46. The molecule has 0 radical (unpaired) electrons. The van der Waals surface area contributed by atoms with Gasteiger partial charge in [-0.05, 0) is 50.7 Å². The normalized spacial score (nSPS) is 16.7. The summed E-state index contributed by atoms with van der Waals surface area (Å²) in [6.07, 6.45) is 2.90. The number of nitrogens with zero attached hydrogens (tertiary/aromatic N) is 3. The number of fused-ring (bicyclic) bond motifs is 1. The Morgan fingerprint density at radius 3 is 3.00 bits per heavy atom. The van der Waals surface area contributed by atoms with Crippen molar-refractivity contribution < 1.29 is 4.42 Å². The summed E-state index contributed by atoms with van der Waals surface area (Å²) >= 11 is 0. The molecule has 4 rings (SSSR count). The Hall–Kier alpha value is -2.11. The van der Waals surface area contributed by atoms with E-state index in [4.69, 9.17) is 9.40 Å². The van der Waals surface area contributed by atoms with Crippen LogP contribution in [-0.4, -0.2) is 40.5 Å². The van der Waals surface area contributed by atoms with E-state index in [1.807, 2.05) is 12.1 Å². The first-order valence-electron chi connectivity index (χ1n) is 8.27. The molecule has 0 unspecified atom stereocenters. The molecule has 3 aromatic rings. The Morgan fingerprint density at radius 2 is 2.13 bits per heavy atom. The van der Waals surface area contributed by atoms with Gasteiger partial charge < -0.3 is 9.73 Å². The van der Waals surface area contributed by atoms with E-state index in [0.717, 1.165) is 49.8 Å². The molecule has 5 heteroatoms. The zero-order valence-corrected chi connectivity index (χ0v) is 13.5. The molecule has 0 atom stereocenters. The van der Waals surface area contributed by atoms with Crippen molar-refractivity contribution in [3.63, 3.8) is 0 Å². The van der Waals surface area contributed by atoms with E-state index >= 15 is 0 Å². The van der Waals surface area contributed by atoms with Crippen molar-refractivity contribution in [3.05, 3.63) is 48.0 Å². The summed E-state index contributed by atoms with van der Waals surface area (Å²) in [5.74, 6) is 0.844. The Labute approximate surface area is 135 Å². The molecule has 23 heavy (non-hydrogen) atoms. The van der Waals surface area contributed by atoms with E-state index in [9.17, 15) is 0 Å². The Kier molecular flexibility index (Phi) is 3.89. The minimum absolute atomic E-state index is 0.844. The number of pyridine rings is 1. The molecular formula is C18H22N4O. The molecule has 4 heterocycles. The fourth-order valence-electron chi connectivity index (χ4n) is 3.35. The molecule has 1 fully saturated rings. The Balaban J connectivity index is 1.80. The first kappa shape index (κ1) is 14.5. The smallest absolute Gasteiger partial charge is 0.154 e. The van der Waals surface area contributed by atoms with E-state index in [0.29, 0.717) is 0 Å². The standard InChI is InChI=1S/C18H22N4O/c1-14-5-2-7-17-20-18(16-6-3-12-23-16)15(22(14)17)13-21-10-4-8-19-9-11-21/h2-3,5-7,12,19H,4,8-11,13H2,1H3. The zero-order valence-electron chi connectivity index (χ0n) is 13.5. The number of aromatic nitrogens is 2. The molecule has 0 aliphatic carbocycles. The summed E-state index contributed by atoms with van der Waals surface area (Å²) in [5.41, 5.74) is 4.37. The van der Waals surface area contributed by atoms with Gasteiger partial charge >= 0.3 is 0 Å². The van der Waals surface area contributed by atoms with E-state index in [2.05, 4.69) is 39.7 Å². The minimum Gasteiger partial charge on any atom is -0.463 e. The SMILES string of the molecule is Cc1cccc2nc(-c3ccco3)c(CN3CCCNCC3)n12. The van der Waals surface area contributed by atoms with Crippen LogP contribution >= 0.6 is 0 Å². The van der Waals surface area contributed by atoms with Gasteiger partial charge in [0.05, 0.1) is 12.0 Å². The van der Waals surface area contributed by atoms with E-state index in [-0.39, 0.29) is 0 Å². The first-order valence-corrected chi connectivity index (χ1v) is 8.27. The Bertz CT molecular complexity index is 783. The lowest BCUT2D eigenvalue weighted by Gasteiger charge is -2.20. The van der Waals surface area contributed by atoms with Crippen LogP contribution in [0.3, 0.4) is 0 Å².